The van der Waals surface area contributed by atoms with Crippen molar-refractivity contribution >= 4 is 34.8 Å². The Bertz CT molecular complexity index is 1060. The van der Waals surface area contributed by atoms with Gasteiger partial charge in [-0.3, -0.25) is 14.4 Å². The predicted molar refractivity (Wildman–Crippen MR) is 130 cm³/mol. The van der Waals surface area contributed by atoms with Crippen molar-refractivity contribution in [1.82, 2.24) is 4.90 Å². The van der Waals surface area contributed by atoms with E-state index < -0.39 is 12.1 Å². The molecule has 2 aliphatic rings. The molecular weight excluding hydrogens is 416 g/mol. The van der Waals surface area contributed by atoms with Crippen LogP contribution >= 0.6 is 0 Å². The SMILES string of the molecule is Cc1ccc(NC(=O)C[C@@H]2C(=O)Nc3ccccc3N2[C@@H](C)C(=O)N2CCCCC2)c(C)c1. The first kappa shape index (κ1) is 22.8. The van der Waals surface area contributed by atoms with Gasteiger partial charge in [0, 0.05) is 18.8 Å². The van der Waals surface area contributed by atoms with Crippen molar-refractivity contribution in [3.8, 4) is 0 Å². The number of aryl methyl sites for hydroxylation is 2. The molecule has 3 amide bonds. The summed E-state index contributed by atoms with van der Waals surface area (Å²) in [6.07, 6.45) is 3.08. The first-order valence-corrected chi connectivity index (χ1v) is 11.7. The van der Waals surface area contributed by atoms with E-state index in [4.69, 9.17) is 0 Å². The number of anilines is 3. The molecule has 2 atom stereocenters. The zero-order valence-electron chi connectivity index (χ0n) is 19.6. The summed E-state index contributed by atoms with van der Waals surface area (Å²) in [7, 11) is 0. The number of carbonyl (C=O) groups excluding carboxylic acids is 3. The molecule has 0 aliphatic carbocycles. The highest BCUT2D eigenvalue weighted by atomic mass is 16.2. The zero-order valence-corrected chi connectivity index (χ0v) is 19.6. The van der Waals surface area contributed by atoms with Crippen LogP contribution in [0.15, 0.2) is 42.5 Å². The minimum atomic E-state index is -0.783. The highest BCUT2D eigenvalue weighted by Gasteiger charge is 2.40. The number of amides is 3. The van der Waals surface area contributed by atoms with Crippen molar-refractivity contribution in [2.24, 2.45) is 0 Å². The van der Waals surface area contributed by atoms with Gasteiger partial charge in [0.15, 0.2) is 0 Å². The second kappa shape index (κ2) is 9.65. The third-order valence-corrected chi connectivity index (χ3v) is 6.56. The van der Waals surface area contributed by atoms with E-state index in [0.29, 0.717) is 5.69 Å². The smallest absolute Gasteiger partial charge is 0.247 e. The Balaban J connectivity index is 1.59. The molecule has 0 radical (unpaired) electrons. The largest absolute Gasteiger partial charge is 0.346 e. The van der Waals surface area contributed by atoms with Crippen molar-refractivity contribution in [2.75, 3.05) is 28.6 Å². The molecular formula is C26H32N4O3. The van der Waals surface area contributed by atoms with Gasteiger partial charge in [0.2, 0.25) is 17.7 Å². The van der Waals surface area contributed by atoms with Crippen LogP contribution < -0.4 is 15.5 Å². The van der Waals surface area contributed by atoms with Crippen molar-refractivity contribution < 1.29 is 14.4 Å². The Morgan fingerprint density at radius 1 is 1.09 bits per heavy atom. The molecule has 33 heavy (non-hydrogen) atoms. The average molecular weight is 449 g/mol. The summed E-state index contributed by atoms with van der Waals surface area (Å²) in [5.74, 6) is -0.536. The molecule has 0 saturated carbocycles. The molecule has 2 N–H and O–H groups in total. The Kier molecular flexibility index (Phi) is 6.67. The van der Waals surface area contributed by atoms with Crippen molar-refractivity contribution in [1.29, 1.82) is 0 Å². The molecule has 0 spiro atoms. The van der Waals surface area contributed by atoms with E-state index >= 15 is 0 Å². The van der Waals surface area contributed by atoms with Crippen LogP contribution in [0.5, 0.6) is 0 Å². The summed E-state index contributed by atoms with van der Waals surface area (Å²) in [5.41, 5.74) is 4.23. The van der Waals surface area contributed by atoms with Crippen LogP contribution in [0.2, 0.25) is 0 Å². The lowest BCUT2D eigenvalue weighted by molar-refractivity contribution is -0.133. The number of hydrogen-bond acceptors (Lipinski definition) is 4. The molecule has 1 saturated heterocycles. The fourth-order valence-corrected chi connectivity index (χ4v) is 4.81. The van der Waals surface area contributed by atoms with Gasteiger partial charge >= 0.3 is 0 Å². The van der Waals surface area contributed by atoms with Crippen LogP contribution in [0.25, 0.3) is 0 Å². The van der Waals surface area contributed by atoms with Crippen molar-refractivity contribution in [3.05, 3.63) is 53.6 Å². The fourth-order valence-electron chi connectivity index (χ4n) is 4.81. The van der Waals surface area contributed by atoms with Crippen LogP contribution in [0.4, 0.5) is 17.1 Å². The van der Waals surface area contributed by atoms with Gasteiger partial charge in [-0.2, -0.15) is 0 Å². The summed E-state index contributed by atoms with van der Waals surface area (Å²) in [6.45, 7) is 7.26. The van der Waals surface area contributed by atoms with E-state index in [1.54, 1.807) is 0 Å². The summed E-state index contributed by atoms with van der Waals surface area (Å²) < 4.78 is 0. The van der Waals surface area contributed by atoms with E-state index in [1.807, 2.05) is 73.0 Å². The summed E-state index contributed by atoms with van der Waals surface area (Å²) >= 11 is 0. The minimum absolute atomic E-state index is 0.000935. The number of para-hydroxylation sites is 2. The maximum atomic E-state index is 13.4. The molecule has 174 valence electrons. The maximum absolute atomic E-state index is 13.4. The van der Waals surface area contributed by atoms with Gasteiger partial charge in [0.1, 0.15) is 12.1 Å². The van der Waals surface area contributed by atoms with Crippen molar-refractivity contribution in [2.45, 2.75) is 58.5 Å². The Labute approximate surface area is 195 Å². The van der Waals surface area contributed by atoms with Gasteiger partial charge in [-0.15, -0.1) is 0 Å². The van der Waals surface area contributed by atoms with Crippen molar-refractivity contribution in [3.63, 3.8) is 0 Å². The molecule has 0 bridgehead atoms. The number of carbonyl (C=O) groups is 3. The molecule has 7 heteroatoms. The Morgan fingerprint density at radius 2 is 1.82 bits per heavy atom. The normalized spacial score (nSPS) is 18.9. The molecule has 0 aromatic heterocycles. The van der Waals surface area contributed by atoms with Crippen LogP contribution in [0.3, 0.4) is 0 Å². The van der Waals surface area contributed by atoms with E-state index in [2.05, 4.69) is 10.6 Å². The van der Waals surface area contributed by atoms with Gasteiger partial charge < -0.3 is 20.4 Å². The molecule has 7 nitrogen and oxygen atoms in total. The summed E-state index contributed by atoms with van der Waals surface area (Å²) in [4.78, 5) is 43.2. The second-order valence-electron chi connectivity index (χ2n) is 9.06. The number of nitrogens with one attached hydrogen (secondary N) is 2. The average Bonchev–Trinajstić information content (AvgIpc) is 2.81. The molecule has 2 aliphatic heterocycles. The standard InChI is InChI=1S/C26H32N4O3/c1-17-11-12-20(18(2)15-17)27-24(31)16-23-25(32)28-21-9-5-6-10-22(21)30(23)19(3)26(33)29-13-7-4-8-14-29/h5-6,9-12,15,19,23H,4,7-8,13-14,16H2,1-3H3,(H,27,31)(H,28,32)/t19-,23+/m0/s1. The maximum Gasteiger partial charge on any atom is 0.247 e. The third-order valence-electron chi connectivity index (χ3n) is 6.56. The second-order valence-corrected chi connectivity index (χ2v) is 9.06. The van der Waals surface area contributed by atoms with Gasteiger partial charge in [0.05, 0.1) is 17.8 Å². The minimum Gasteiger partial charge on any atom is -0.346 e. The lowest BCUT2D eigenvalue weighted by Gasteiger charge is -2.42. The number of benzene rings is 2. The zero-order chi connectivity index (χ0) is 23.5. The van der Waals surface area contributed by atoms with Gasteiger partial charge in [-0.05, 0) is 63.8 Å². The number of likely N-dealkylation sites (tertiary alicyclic amines) is 1. The van der Waals surface area contributed by atoms with E-state index in [-0.39, 0.29) is 24.1 Å². The number of nitrogens with zero attached hydrogens (tertiary/aromatic N) is 2. The third kappa shape index (κ3) is 4.87. The van der Waals surface area contributed by atoms with Gasteiger partial charge in [-0.25, -0.2) is 0 Å². The number of hydrogen-bond donors (Lipinski definition) is 2. The highest BCUT2D eigenvalue weighted by molar-refractivity contribution is 6.08. The molecule has 1 fully saturated rings. The summed E-state index contributed by atoms with van der Waals surface area (Å²) in [6, 6.07) is 11.9. The van der Waals surface area contributed by atoms with Crippen LogP contribution in [-0.2, 0) is 14.4 Å². The van der Waals surface area contributed by atoms with Gasteiger partial charge in [0.25, 0.3) is 0 Å². The van der Waals surface area contributed by atoms with Crippen LogP contribution in [0, 0.1) is 13.8 Å². The van der Waals surface area contributed by atoms with Crippen LogP contribution in [0.1, 0.15) is 43.7 Å². The van der Waals surface area contributed by atoms with E-state index in [9.17, 15) is 14.4 Å². The van der Waals surface area contributed by atoms with E-state index in [0.717, 1.165) is 54.9 Å². The molecule has 2 aromatic carbocycles. The topological polar surface area (TPSA) is 81.8 Å². The predicted octanol–water partition coefficient (Wildman–Crippen LogP) is 3.86. The lowest BCUT2D eigenvalue weighted by atomic mass is 10.0. The van der Waals surface area contributed by atoms with E-state index in [1.165, 1.54) is 0 Å². The lowest BCUT2D eigenvalue weighted by Crippen LogP contribution is -2.58. The number of fused-ring (bicyclic) bond motifs is 1. The first-order valence-electron chi connectivity index (χ1n) is 11.7. The van der Waals surface area contributed by atoms with Crippen LogP contribution in [-0.4, -0.2) is 47.8 Å². The van der Waals surface area contributed by atoms with Gasteiger partial charge in [-0.1, -0.05) is 29.8 Å². The molecule has 2 aromatic rings. The highest BCUT2D eigenvalue weighted by Crippen LogP contribution is 2.35. The molecule has 4 rings (SSSR count). The molecule has 0 unspecified atom stereocenters. The number of rotatable bonds is 5. The monoisotopic (exact) mass is 448 g/mol. The Hall–Kier alpha value is -3.35. The fraction of sp³-hybridized carbons (Fsp3) is 0.423. The quantitative estimate of drug-likeness (QED) is 0.728. The summed E-state index contributed by atoms with van der Waals surface area (Å²) in [5, 5.41) is 5.86. The first-order chi connectivity index (χ1) is 15.8. The Morgan fingerprint density at radius 3 is 2.55 bits per heavy atom. The molecule has 2 heterocycles. The number of piperidine rings is 1.